The van der Waals surface area contributed by atoms with Gasteiger partial charge in [-0.3, -0.25) is 0 Å². The number of aliphatic hydroxyl groups is 1. The van der Waals surface area contributed by atoms with Crippen LogP contribution in [-0.4, -0.2) is 21.3 Å². The zero-order chi connectivity index (χ0) is 12.1. The molecule has 0 amide bonds. The van der Waals surface area contributed by atoms with Crippen molar-refractivity contribution >= 4 is 6.08 Å². The lowest BCUT2D eigenvalue weighted by Gasteiger charge is -2.07. The molecule has 2 rings (SSSR count). The number of aromatic nitrogens is 2. The second-order valence-electron chi connectivity index (χ2n) is 3.85. The van der Waals surface area contributed by atoms with Gasteiger partial charge in [0.05, 0.1) is 0 Å². The maximum atomic E-state index is 8.86. The molecule has 1 heterocycles. The van der Waals surface area contributed by atoms with Gasteiger partial charge in [-0.1, -0.05) is 30.9 Å². The van der Waals surface area contributed by atoms with Crippen molar-refractivity contribution in [1.82, 2.24) is 9.55 Å². The predicted octanol–water partition coefficient (Wildman–Crippen LogP) is 2.58. The van der Waals surface area contributed by atoms with Gasteiger partial charge in [0.15, 0.2) is 0 Å². The van der Waals surface area contributed by atoms with E-state index in [0.29, 0.717) is 0 Å². The van der Waals surface area contributed by atoms with Gasteiger partial charge in [0.25, 0.3) is 0 Å². The van der Waals surface area contributed by atoms with Crippen LogP contribution in [0.3, 0.4) is 0 Å². The number of hydrogen-bond donors (Lipinski definition) is 1. The third-order valence-corrected chi connectivity index (χ3v) is 2.65. The van der Waals surface area contributed by atoms with E-state index in [9.17, 15) is 0 Å². The molecule has 0 aliphatic heterocycles. The molecule has 0 aliphatic rings. The van der Waals surface area contributed by atoms with E-state index in [4.69, 9.17) is 5.11 Å². The fourth-order valence-electron chi connectivity index (χ4n) is 1.80. The molecule has 1 N–H and O–H groups in total. The first kappa shape index (κ1) is 11.6. The SMILES string of the molecule is C=Cc1cccc(-c2nccn2CCCO)c1. The third kappa shape index (κ3) is 2.63. The molecule has 0 saturated heterocycles. The Balaban J connectivity index is 2.31. The third-order valence-electron chi connectivity index (χ3n) is 2.65. The summed E-state index contributed by atoms with van der Waals surface area (Å²) < 4.78 is 2.05. The molecule has 3 nitrogen and oxygen atoms in total. The molecule has 0 bridgehead atoms. The van der Waals surface area contributed by atoms with Crippen LogP contribution in [0.5, 0.6) is 0 Å². The van der Waals surface area contributed by atoms with E-state index >= 15 is 0 Å². The van der Waals surface area contributed by atoms with E-state index in [2.05, 4.69) is 22.2 Å². The molecule has 88 valence electrons. The monoisotopic (exact) mass is 228 g/mol. The van der Waals surface area contributed by atoms with Crippen LogP contribution < -0.4 is 0 Å². The van der Waals surface area contributed by atoms with Gasteiger partial charge < -0.3 is 9.67 Å². The topological polar surface area (TPSA) is 38.0 Å². The molecule has 0 spiro atoms. The lowest BCUT2D eigenvalue weighted by atomic mass is 10.1. The normalized spacial score (nSPS) is 10.4. The second-order valence-corrected chi connectivity index (χ2v) is 3.85. The van der Waals surface area contributed by atoms with Crippen molar-refractivity contribution < 1.29 is 5.11 Å². The van der Waals surface area contributed by atoms with Gasteiger partial charge >= 0.3 is 0 Å². The minimum Gasteiger partial charge on any atom is -0.396 e. The van der Waals surface area contributed by atoms with Crippen molar-refractivity contribution in [1.29, 1.82) is 0 Å². The van der Waals surface area contributed by atoms with Crippen LogP contribution in [0.4, 0.5) is 0 Å². The summed E-state index contributed by atoms with van der Waals surface area (Å²) in [5, 5.41) is 8.86. The second kappa shape index (κ2) is 5.46. The maximum absolute atomic E-state index is 8.86. The smallest absolute Gasteiger partial charge is 0.139 e. The molecule has 0 unspecified atom stereocenters. The van der Waals surface area contributed by atoms with Crippen LogP contribution in [0, 0.1) is 0 Å². The minimum absolute atomic E-state index is 0.199. The van der Waals surface area contributed by atoms with Crippen molar-refractivity contribution in [3.63, 3.8) is 0 Å². The summed E-state index contributed by atoms with van der Waals surface area (Å²) >= 11 is 0. The van der Waals surface area contributed by atoms with Gasteiger partial charge in [0.2, 0.25) is 0 Å². The summed E-state index contributed by atoms with van der Waals surface area (Å²) in [5.74, 6) is 0.933. The number of aliphatic hydroxyl groups excluding tert-OH is 1. The fraction of sp³-hybridized carbons (Fsp3) is 0.214. The van der Waals surface area contributed by atoms with Crippen LogP contribution in [0.15, 0.2) is 43.2 Å². The summed E-state index contributed by atoms with van der Waals surface area (Å²) in [5.41, 5.74) is 2.16. The standard InChI is InChI=1S/C14H16N2O/c1-2-12-5-3-6-13(11-12)14-15-7-9-16(14)8-4-10-17/h2-3,5-7,9,11,17H,1,4,8,10H2. The zero-order valence-electron chi connectivity index (χ0n) is 9.71. The highest BCUT2D eigenvalue weighted by Crippen LogP contribution is 2.19. The molecular weight excluding hydrogens is 212 g/mol. The van der Waals surface area contributed by atoms with Crippen LogP contribution >= 0.6 is 0 Å². The lowest BCUT2D eigenvalue weighted by Crippen LogP contribution is -2.01. The molecule has 0 radical (unpaired) electrons. The zero-order valence-corrected chi connectivity index (χ0v) is 9.71. The Labute approximate surface area is 101 Å². The number of benzene rings is 1. The molecule has 0 saturated carbocycles. The van der Waals surface area contributed by atoms with E-state index in [1.54, 1.807) is 6.20 Å². The fourth-order valence-corrected chi connectivity index (χ4v) is 1.80. The average Bonchev–Trinajstić information content (AvgIpc) is 2.84. The van der Waals surface area contributed by atoms with E-state index in [-0.39, 0.29) is 6.61 Å². The Morgan fingerprint density at radius 3 is 3.06 bits per heavy atom. The highest BCUT2D eigenvalue weighted by atomic mass is 16.3. The van der Waals surface area contributed by atoms with Crippen LogP contribution in [0.2, 0.25) is 0 Å². The number of imidazole rings is 1. The Morgan fingerprint density at radius 1 is 1.41 bits per heavy atom. The van der Waals surface area contributed by atoms with Crippen LogP contribution in [0.25, 0.3) is 17.5 Å². The first-order chi connectivity index (χ1) is 8.35. The van der Waals surface area contributed by atoms with Crippen LogP contribution in [-0.2, 0) is 6.54 Å². The van der Waals surface area contributed by atoms with Gasteiger partial charge in [-0.05, 0) is 18.1 Å². The van der Waals surface area contributed by atoms with Crippen molar-refractivity contribution in [2.75, 3.05) is 6.61 Å². The Kier molecular flexibility index (Phi) is 3.73. The molecule has 0 fully saturated rings. The molecule has 0 atom stereocenters. The molecule has 1 aromatic carbocycles. The van der Waals surface area contributed by atoms with Gasteiger partial charge in [-0.25, -0.2) is 4.98 Å². The van der Waals surface area contributed by atoms with E-state index in [1.807, 2.05) is 30.5 Å². The van der Waals surface area contributed by atoms with Gasteiger partial charge in [0.1, 0.15) is 5.82 Å². The van der Waals surface area contributed by atoms with Crippen molar-refractivity contribution in [3.8, 4) is 11.4 Å². The molecule has 0 aliphatic carbocycles. The molecule has 2 aromatic rings. The highest BCUT2D eigenvalue weighted by molar-refractivity contribution is 5.61. The molecule has 17 heavy (non-hydrogen) atoms. The summed E-state index contributed by atoms with van der Waals surface area (Å²) in [6.07, 6.45) is 6.29. The number of hydrogen-bond acceptors (Lipinski definition) is 2. The van der Waals surface area contributed by atoms with E-state index in [0.717, 1.165) is 29.9 Å². The molecule has 3 heteroatoms. The summed E-state index contributed by atoms with van der Waals surface area (Å²) in [6.45, 7) is 4.75. The largest absolute Gasteiger partial charge is 0.396 e. The number of aryl methyl sites for hydroxylation is 1. The first-order valence-electron chi connectivity index (χ1n) is 5.70. The van der Waals surface area contributed by atoms with E-state index < -0.39 is 0 Å². The minimum atomic E-state index is 0.199. The molecule has 1 aromatic heterocycles. The lowest BCUT2D eigenvalue weighted by molar-refractivity contribution is 0.280. The Morgan fingerprint density at radius 2 is 2.29 bits per heavy atom. The van der Waals surface area contributed by atoms with Gasteiger partial charge in [0, 0.05) is 31.1 Å². The van der Waals surface area contributed by atoms with Crippen molar-refractivity contribution in [3.05, 3.63) is 48.8 Å². The Bertz CT molecular complexity index is 502. The quantitative estimate of drug-likeness (QED) is 0.854. The van der Waals surface area contributed by atoms with Gasteiger partial charge in [-0.15, -0.1) is 0 Å². The van der Waals surface area contributed by atoms with Gasteiger partial charge in [-0.2, -0.15) is 0 Å². The predicted molar refractivity (Wildman–Crippen MR) is 69.5 cm³/mol. The van der Waals surface area contributed by atoms with E-state index in [1.165, 1.54) is 0 Å². The summed E-state index contributed by atoms with van der Waals surface area (Å²) in [7, 11) is 0. The number of rotatable bonds is 5. The maximum Gasteiger partial charge on any atom is 0.139 e. The first-order valence-corrected chi connectivity index (χ1v) is 5.70. The van der Waals surface area contributed by atoms with Crippen molar-refractivity contribution in [2.45, 2.75) is 13.0 Å². The average molecular weight is 228 g/mol. The number of nitrogens with zero attached hydrogens (tertiary/aromatic N) is 2. The molecular formula is C14H16N2O. The summed E-state index contributed by atoms with van der Waals surface area (Å²) in [6, 6.07) is 8.10. The Hall–Kier alpha value is -1.87. The summed E-state index contributed by atoms with van der Waals surface area (Å²) in [4.78, 5) is 4.36. The van der Waals surface area contributed by atoms with Crippen molar-refractivity contribution in [2.24, 2.45) is 0 Å². The van der Waals surface area contributed by atoms with Crippen LogP contribution in [0.1, 0.15) is 12.0 Å². The highest BCUT2D eigenvalue weighted by Gasteiger charge is 2.05.